The number of nitrogens with one attached hydrogen (secondary N) is 3. The SMILES string of the molecule is N=C(c1ccc(Oc2ccccc2)cc1)c1c(N)ncnc1NC1CCN(C(=O)C2CC(N3CCN(c4ccc5c(c4)CN(C4CCC(=O)NC4=O)C5=O)CC3)C2)CC1. The Hall–Kier alpha value is -6.35. The summed E-state index contributed by atoms with van der Waals surface area (Å²) in [6.07, 6.45) is 5.27. The number of piperidine rings is 2. The molecule has 4 aromatic rings. The molecular formula is C44H48N10O5. The second-order valence-electron chi connectivity index (χ2n) is 16.1. The zero-order valence-corrected chi connectivity index (χ0v) is 32.8. The maximum Gasteiger partial charge on any atom is 0.255 e. The number of carbonyl (C=O) groups excluding carboxylic acids is 4. The van der Waals surface area contributed by atoms with Crippen molar-refractivity contribution < 1.29 is 23.9 Å². The van der Waals surface area contributed by atoms with E-state index in [1.807, 2.05) is 71.6 Å². The van der Waals surface area contributed by atoms with E-state index in [1.54, 1.807) is 4.90 Å². The van der Waals surface area contributed by atoms with E-state index in [4.69, 9.17) is 15.9 Å². The summed E-state index contributed by atoms with van der Waals surface area (Å²) in [5, 5.41) is 14.9. The molecule has 1 aliphatic carbocycles. The molecule has 0 radical (unpaired) electrons. The first-order valence-electron chi connectivity index (χ1n) is 20.5. The zero-order valence-electron chi connectivity index (χ0n) is 32.8. The first kappa shape index (κ1) is 38.2. The van der Waals surface area contributed by atoms with Crippen molar-refractivity contribution in [2.24, 2.45) is 5.92 Å². The quantitative estimate of drug-likeness (QED) is 0.134. The molecule has 4 fully saturated rings. The van der Waals surface area contributed by atoms with Crippen molar-refractivity contribution in [2.75, 3.05) is 55.2 Å². The van der Waals surface area contributed by atoms with Crippen LogP contribution >= 0.6 is 0 Å². The van der Waals surface area contributed by atoms with Gasteiger partial charge in [-0.1, -0.05) is 18.2 Å². The molecule has 304 valence electrons. The summed E-state index contributed by atoms with van der Waals surface area (Å²) in [5.74, 6) is 1.58. The van der Waals surface area contributed by atoms with Crippen molar-refractivity contribution >= 4 is 46.7 Å². The number of carbonyl (C=O) groups is 4. The number of fused-ring (bicyclic) bond motifs is 1. The van der Waals surface area contributed by atoms with Gasteiger partial charge in [0.1, 0.15) is 35.5 Å². The van der Waals surface area contributed by atoms with E-state index in [1.165, 1.54) is 6.33 Å². The summed E-state index contributed by atoms with van der Waals surface area (Å²) in [7, 11) is 0. The third-order valence-electron chi connectivity index (χ3n) is 12.6. The number of rotatable bonds is 10. The first-order valence-corrected chi connectivity index (χ1v) is 20.5. The Balaban J connectivity index is 0.728. The van der Waals surface area contributed by atoms with Crippen molar-refractivity contribution in [1.29, 1.82) is 5.41 Å². The molecule has 1 saturated carbocycles. The smallest absolute Gasteiger partial charge is 0.255 e. The van der Waals surface area contributed by atoms with E-state index < -0.39 is 11.9 Å². The van der Waals surface area contributed by atoms with Gasteiger partial charge in [-0.25, -0.2) is 9.97 Å². The van der Waals surface area contributed by atoms with Crippen molar-refractivity contribution in [3.63, 3.8) is 0 Å². The van der Waals surface area contributed by atoms with Crippen LogP contribution in [0.2, 0.25) is 0 Å². The highest BCUT2D eigenvalue weighted by atomic mass is 16.5. The van der Waals surface area contributed by atoms with Crippen LogP contribution in [-0.2, 0) is 20.9 Å². The van der Waals surface area contributed by atoms with Crippen LogP contribution in [0.4, 0.5) is 17.3 Å². The Kier molecular flexibility index (Phi) is 10.4. The molecule has 1 atom stereocenters. The third-order valence-corrected chi connectivity index (χ3v) is 12.6. The topological polar surface area (TPSA) is 190 Å². The zero-order chi connectivity index (χ0) is 40.6. The van der Waals surface area contributed by atoms with Crippen LogP contribution in [0.25, 0.3) is 0 Å². The monoisotopic (exact) mass is 796 g/mol. The summed E-state index contributed by atoms with van der Waals surface area (Å²) in [6, 6.07) is 22.6. The standard InChI is InChI=1S/C44H48N10O5/c45-39(27-6-9-34(10-7-27)59-33-4-2-1-3-5-33)38-40(46)47-26-48-41(38)49-30-14-16-53(17-15-30)43(57)28-22-32(23-28)52-20-18-51(19-21-52)31-8-11-35-29(24-31)25-54(44(35)58)36-12-13-37(55)50-42(36)56/h1-11,24,26,28,30,32,36,45H,12-23,25H2,(H,50,55,56)(H3,46,47,48,49). The van der Waals surface area contributed by atoms with Crippen molar-refractivity contribution in [1.82, 2.24) is 30.0 Å². The third kappa shape index (κ3) is 7.81. The lowest BCUT2D eigenvalue weighted by Crippen LogP contribution is -2.57. The van der Waals surface area contributed by atoms with E-state index in [9.17, 15) is 19.2 Å². The number of amides is 4. The van der Waals surface area contributed by atoms with Crippen LogP contribution in [0.5, 0.6) is 11.5 Å². The van der Waals surface area contributed by atoms with Crippen LogP contribution in [0.1, 0.15) is 65.6 Å². The van der Waals surface area contributed by atoms with Crippen LogP contribution in [0.3, 0.4) is 0 Å². The van der Waals surface area contributed by atoms with E-state index >= 15 is 0 Å². The maximum absolute atomic E-state index is 13.6. The summed E-state index contributed by atoms with van der Waals surface area (Å²) >= 11 is 0. The van der Waals surface area contributed by atoms with Crippen molar-refractivity contribution in [2.45, 2.75) is 63.2 Å². The number of ether oxygens (including phenoxy) is 1. The van der Waals surface area contributed by atoms with Gasteiger partial charge in [0.2, 0.25) is 17.7 Å². The van der Waals surface area contributed by atoms with Crippen LogP contribution in [0, 0.1) is 11.3 Å². The van der Waals surface area contributed by atoms with Gasteiger partial charge >= 0.3 is 0 Å². The molecule has 9 rings (SSSR count). The molecule has 5 heterocycles. The highest BCUT2D eigenvalue weighted by Crippen LogP contribution is 2.36. The largest absolute Gasteiger partial charge is 0.457 e. The van der Waals surface area contributed by atoms with Gasteiger partial charge in [0.05, 0.1) is 11.3 Å². The normalized spacial score (nSPS) is 22.4. The molecule has 0 bridgehead atoms. The van der Waals surface area contributed by atoms with Gasteiger partial charge in [-0.15, -0.1) is 0 Å². The number of nitrogen functional groups attached to an aromatic ring is 1. The number of hydrogen-bond acceptors (Lipinski definition) is 12. The second-order valence-corrected chi connectivity index (χ2v) is 16.1. The van der Waals surface area contributed by atoms with Gasteiger partial charge in [-0.3, -0.25) is 34.8 Å². The summed E-state index contributed by atoms with van der Waals surface area (Å²) < 4.78 is 5.91. The van der Waals surface area contributed by atoms with Crippen LogP contribution in [-0.4, -0.2) is 111 Å². The maximum atomic E-state index is 13.6. The lowest BCUT2D eigenvalue weighted by molar-refractivity contribution is -0.142. The Morgan fingerprint density at radius 1 is 0.864 bits per heavy atom. The molecule has 5 aliphatic rings. The minimum absolute atomic E-state index is 0.0438. The molecule has 0 spiro atoms. The molecular weight excluding hydrogens is 749 g/mol. The summed E-state index contributed by atoms with van der Waals surface area (Å²) in [5.41, 5.74) is 10.3. The number of anilines is 3. The predicted octanol–water partition coefficient (Wildman–Crippen LogP) is 4.03. The van der Waals surface area contributed by atoms with Crippen LogP contribution < -0.4 is 26.0 Å². The number of nitrogens with zero attached hydrogens (tertiary/aromatic N) is 6. The number of para-hydroxylation sites is 1. The number of benzene rings is 3. The van der Waals surface area contributed by atoms with Gasteiger partial charge in [0.15, 0.2) is 0 Å². The minimum Gasteiger partial charge on any atom is -0.457 e. The molecule has 5 N–H and O–H groups in total. The molecule has 15 heteroatoms. The van der Waals surface area contributed by atoms with Crippen LogP contribution in [0.15, 0.2) is 79.1 Å². The summed E-state index contributed by atoms with van der Waals surface area (Å²) in [6.45, 7) is 5.20. The fourth-order valence-electron chi connectivity index (χ4n) is 9.10. The van der Waals surface area contributed by atoms with E-state index in [-0.39, 0.29) is 47.6 Å². The lowest BCUT2D eigenvalue weighted by Gasteiger charge is -2.47. The number of likely N-dealkylation sites (tertiary alicyclic amines) is 1. The van der Waals surface area contributed by atoms with Gasteiger partial charge < -0.3 is 30.5 Å². The molecule has 59 heavy (non-hydrogen) atoms. The summed E-state index contributed by atoms with van der Waals surface area (Å²) in [4.78, 5) is 67.9. The average molecular weight is 797 g/mol. The molecule has 1 unspecified atom stereocenters. The predicted molar refractivity (Wildman–Crippen MR) is 221 cm³/mol. The van der Waals surface area contributed by atoms with E-state index in [0.717, 1.165) is 68.9 Å². The number of imide groups is 1. The van der Waals surface area contributed by atoms with Gasteiger partial charge in [-0.05, 0) is 92.3 Å². The number of hydrogen-bond donors (Lipinski definition) is 4. The minimum atomic E-state index is -0.620. The molecule has 3 aromatic carbocycles. The highest BCUT2D eigenvalue weighted by Gasteiger charge is 2.42. The lowest BCUT2D eigenvalue weighted by atomic mass is 9.77. The molecule has 15 nitrogen and oxygen atoms in total. The van der Waals surface area contributed by atoms with Crippen molar-refractivity contribution in [3.8, 4) is 11.5 Å². The number of piperazine rings is 1. The van der Waals surface area contributed by atoms with E-state index in [0.29, 0.717) is 60.4 Å². The molecule has 3 saturated heterocycles. The second kappa shape index (κ2) is 16.1. The average Bonchev–Trinajstić information content (AvgIpc) is 3.56. The van der Waals surface area contributed by atoms with Crippen molar-refractivity contribution in [3.05, 3.63) is 101 Å². The number of aromatic nitrogens is 2. The Labute approximate surface area is 342 Å². The van der Waals surface area contributed by atoms with Gasteiger partial charge in [0.25, 0.3) is 5.91 Å². The number of nitrogens with two attached hydrogens (primary N) is 1. The Morgan fingerprint density at radius 2 is 1.59 bits per heavy atom. The Morgan fingerprint density at radius 3 is 2.32 bits per heavy atom. The van der Waals surface area contributed by atoms with E-state index in [2.05, 4.69) is 36.5 Å². The van der Waals surface area contributed by atoms with Gasteiger partial charge in [0, 0.05) is 87.0 Å². The molecule has 4 aliphatic heterocycles. The molecule has 4 amide bonds. The fourth-order valence-corrected chi connectivity index (χ4v) is 9.10. The Bertz CT molecular complexity index is 2270. The first-order chi connectivity index (χ1) is 28.7. The highest BCUT2D eigenvalue weighted by molar-refractivity contribution is 6.16. The van der Waals surface area contributed by atoms with Gasteiger partial charge in [-0.2, -0.15) is 0 Å². The fraction of sp³-hybridized carbons (Fsp3) is 0.386. The molecule has 1 aromatic heterocycles.